The molecule has 3 amide bonds. The molecule has 1 aromatic carbocycles. The maximum atomic E-state index is 11.9. The number of nitrogens with zero attached hydrogens (tertiary/aromatic N) is 2. The summed E-state index contributed by atoms with van der Waals surface area (Å²) in [5, 5.41) is 2.76. The maximum Gasteiger partial charge on any atom is 0.312 e. The fourth-order valence-electron chi connectivity index (χ4n) is 2.24. The second-order valence-electron chi connectivity index (χ2n) is 5.02. The molecule has 7 heteroatoms. The number of carbonyl (C=O) groups excluding carboxylic acids is 3. The van der Waals surface area contributed by atoms with Crippen LogP contribution in [0.25, 0.3) is 0 Å². The third-order valence-electron chi connectivity index (χ3n) is 3.49. The average Bonchev–Trinajstić information content (AvgIpc) is 2.50. The van der Waals surface area contributed by atoms with Gasteiger partial charge in [0.05, 0.1) is 0 Å². The lowest BCUT2D eigenvalue weighted by molar-refractivity contribution is -0.156. The fraction of sp³-hybridized carbons (Fsp3) is 0.400. The van der Waals surface area contributed by atoms with Crippen molar-refractivity contribution in [3.63, 3.8) is 0 Å². The quantitative estimate of drug-likeness (QED) is 0.781. The molecule has 0 aliphatic carbocycles. The summed E-state index contributed by atoms with van der Waals surface area (Å²) in [5.74, 6) is -1.41. The van der Waals surface area contributed by atoms with Crippen molar-refractivity contribution in [3.8, 4) is 0 Å². The number of halogens is 1. The van der Waals surface area contributed by atoms with E-state index in [0.717, 1.165) is 10.0 Å². The first kappa shape index (κ1) is 16.5. The highest BCUT2D eigenvalue weighted by Crippen LogP contribution is 2.11. The topological polar surface area (TPSA) is 69.7 Å². The molecule has 0 aromatic heterocycles. The number of amides is 3. The summed E-state index contributed by atoms with van der Waals surface area (Å²) in [4.78, 5) is 38.4. The number of hydrogen-bond donors (Lipinski definition) is 1. The van der Waals surface area contributed by atoms with Crippen LogP contribution in [0, 0.1) is 0 Å². The van der Waals surface area contributed by atoms with Crippen LogP contribution in [0.5, 0.6) is 0 Å². The number of hydrogen-bond acceptors (Lipinski definition) is 3. The summed E-state index contributed by atoms with van der Waals surface area (Å²) in [6.07, 6.45) is 0. The molecule has 1 aliphatic heterocycles. The van der Waals surface area contributed by atoms with Gasteiger partial charge in [-0.1, -0.05) is 28.1 Å². The van der Waals surface area contributed by atoms with Crippen molar-refractivity contribution in [1.29, 1.82) is 0 Å². The summed E-state index contributed by atoms with van der Waals surface area (Å²) in [6.45, 7) is 3.49. The molecule has 1 saturated heterocycles. The molecule has 0 atom stereocenters. The molecular formula is C15H18BrN3O3. The number of likely N-dealkylation sites (N-methyl/N-ethyl adjacent to an activating group) is 1. The molecule has 0 unspecified atom stereocenters. The molecule has 0 bridgehead atoms. The first-order valence-corrected chi connectivity index (χ1v) is 7.90. The molecule has 22 heavy (non-hydrogen) atoms. The monoisotopic (exact) mass is 367 g/mol. The molecule has 0 radical (unpaired) electrons. The van der Waals surface area contributed by atoms with E-state index in [1.165, 1.54) is 9.80 Å². The smallest absolute Gasteiger partial charge is 0.312 e. The molecular weight excluding hydrogens is 350 g/mol. The molecule has 6 nitrogen and oxygen atoms in total. The lowest BCUT2D eigenvalue weighted by Crippen LogP contribution is -2.56. The predicted octanol–water partition coefficient (Wildman–Crippen LogP) is 0.756. The summed E-state index contributed by atoms with van der Waals surface area (Å²) in [7, 11) is 0. The average molecular weight is 368 g/mol. The van der Waals surface area contributed by atoms with E-state index in [1.807, 2.05) is 31.2 Å². The molecule has 1 aromatic rings. The van der Waals surface area contributed by atoms with Crippen LogP contribution in [0.1, 0.15) is 12.5 Å². The third kappa shape index (κ3) is 4.07. The Labute approximate surface area is 137 Å². The van der Waals surface area contributed by atoms with Crippen LogP contribution in [0.3, 0.4) is 0 Å². The summed E-state index contributed by atoms with van der Waals surface area (Å²) < 4.78 is 0.940. The normalized spacial score (nSPS) is 15.2. The number of rotatable bonds is 5. The Bertz CT molecular complexity index is 591. The van der Waals surface area contributed by atoms with Crippen LogP contribution in [0.2, 0.25) is 0 Å². The number of carbonyl (C=O) groups is 3. The zero-order valence-electron chi connectivity index (χ0n) is 12.3. The number of nitrogens with one attached hydrogen (secondary N) is 1. The van der Waals surface area contributed by atoms with Gasteiger partial charge >= 0.3 is 11.8 Å². The molecule has 118 valence electrons. The fourth-order valence-corrected chi connectivity index (χ4v) is 2.69. The van der Waals surface area contributed by atoms with Crippen molar-refractivity contribution in [1.82, 2.24) is 15.1 Å². The van der Waals surface area contributed by atoms with Crippen molar-refractivity contribution in [2.75, 3.05) is 26.2 Å². The Morgan fingerprint density at radius 2 is 1.91 bits per heavy atom. The van der Waals surface area contributed by atoms with E-state index in [4.69, 9.17) is 0 Å². The van der Waals surface area contributed by atoms with Crippen molar-refractivity contribution in [3.05, 3.63) is 34.3 Å². The Hall–Kier alpha value is -1.89. The zero-order chi connectivity index (χ0) is 16.1. The van der Waals surface area contributed by atoms with Gasteiger partial charge in [0.25, 0.3) is 0 Å². The lowest BCUT2D eigenvalue weighted by atomic mass is 10.2. The second-order valence-corrected chi connectivity index (χ2v) is 5.93. The SMILES string of the molecule is CCN1CCN(CC(=O)NCc2cccc(Br)c2)C(=O)C1=O. The van der Waals surface area contributed by atoms with Gasteiger partial charge in [-0.15, -0.1) is 0 Å². The highest BCUT2D eigenvalue weighted by atomic mass is 79.9. The van der Waals surface area contributed by atoms with Gasteiger partial charge < -0.3 is 15.1 Å². The first-order valence-electron chi connectivity index (χ1n) is 7.10. The minimum absolute atomic E-state index is 0.0872. The number of benzene rings is 1. The molecule has 0 saturated carbocycles. The van der Waals surface area contributed by atoms with Crippen LogP contribution < -0.4 is 5.32 Å². The van der Waals surface area contributed by atoms with Crippen LogP contribution in [-0.4, -0.2) is 53.7 Å². The Morgan fingerprint density at radius 3 is 2.59 bits per heavy atom. The Balaban J connectivity index is 1.85. The molecule has 1 N–H and O–H groups in total. The Morgan fingerprint density at radius 1 is 1.23 bits per heavy atom. The Kier molecular flexibility index (Phi) is 5.54. The van der Waals surface area contributed by atoms with Gasteiger partial charge in [0.1, 0.15) is 6.54 Å². The minimum atomic E-state index is -0.606. The molecule has 0 spiro atoms. The van der Waals surface area contributed by atoms with Gasteiger partial charge in [-0.2, -0.15) is 0 Å². The van der Waals surface area contributed by atoms with Crippen LogP contribution in [0.4, 0.5) is 0 Å². The maximum absolute atomic E-state index is 11.9. The van der Waals surface area contributed by atoms with Gasteiger partial charge in [-0.3, -0.25) is 14.4 Å². The molecule has 1 heterocycles. The van der Waals surface area contributed by atoms with Gasteiger partial charge in [-0.05, 0) is 24.6 Å². The second kappa shape index (κ2) is 7.40. The number of piperazine rings is 1. The van der Waals surface area contributed by atoms with E-state index in [1.54, 1.807) is 0 Å². The van der Waals surface area contributed by atoms with Crippen molar-refractivity contribution in [2.24, 2.45) is 0 Å². The van der Waals surface area contributed by atoms with Gasteiger partial charge in [0.2, 0.25) is 5.91 Å². The van der Waals surface area contributed by atoms with Crippen molar-refractivity contribution in [2.45, 2.75) is 13.5 Å². The zero-order valence-corrected chi connectivity index (χ0v) is 13.9. The standard InChI is InChI=1S/C15H18BrN3O3/c1-2-18-6-7-19(15(22)14(18)21)10-13(20)17-9-11-4-3-5-12(16)8-11/h3-5,8H,2,6-7,9-10H2,1H3,(H,17,20). The predicted molar refractivity (Wildman–Crippen MR) is 84.8 cm³/mol. The highest BCUT2D eigenvalue weighted by Gasteiger charge is 2.32. The first-order chi connectivity index (χ1) is 10.5. The van der Waals surface area contributed by atoms with Crippen LogP contribution >= 0.6 is 15.9 Å². The van der Waals surface area contributed by atoms with E-state index >= 15 is 0 Å². The van der Waals surface area contributed by atoms with Crippen molar-refractivity contribution >= 4 is 33.7 Å². The van der Waals surface area contributed by atoms with Crippen molar-refractivity contribution < 1.29 is 14.4 Å². The molecule has 1 aliphatic rings. The van der Waals surface area contributed by atoms with Gasteiger partial charge in [-0.25, -0.2) is 0 Å². The van der Waals surface area contributed by atoms with Gasteiger partial charge in [0.15, 0.2) is 0 Å². The van der Waals surface area contributed by atoms with E-state index in [-0.39, 0.29) is 12.5 Å². The third-order valence-corrected chi connectivity index (χ3v) is 3.99. The van der Waals surface area contributed by atoms with E-state index in [0.29, 0.717) is 26.2 Å². The van der Waals surface area contributed by atoms with Gasteiger partial charge in [0, 0.05) is 30.7 Å². The minimum Gasteiger partial charge on any atom is -0.350 e. The summed E-state index contributed by atoms with van der Waals surface area (Å²) in [5.41, 5.74) is 0.959. The summed E-state index contributed by atoms with van der Waals surface area (Å²) >= 11 is 3.37. The largest absolute Gasteiger partial charge is 0.350 e. The summed E-state index contributed by atoms with van der Waals surface area (Å²) in [6, 6.07) is 7.61. The molecule has 2 rings (SSSR count). The van der Waals surface area contributed by atoms with E-state index in [2.05, 4.69) is 21.2 Å². The molecule has 1 fully saturated rings. The van der Waals surface area contributed by atoms with E-state index < -0.39 is 11.8 Å². The van der Waals surface area contributed by atoms with E-state index in [9.17, 15) is 14.4 Å². The lowest BCUT2D eigenvalue weighted by Gasteiger charge is -2.32. The van der Waals surface area contributed by atoms with Crippen LogP contribution in [-0.2, 0) is 20.9 Å². The van der Waals surface area contributed by atoms with Crippen LogP contribution in [0.15, 0.2) is 28.7 Å². The highest BCUT2D eigenvalue weighted by molar-refractivity contribution is 9.10.